The van der Waals surface area contributed by atoms with Crippen molar-refractivity contribution < 1.29 is 19.1 Å². The van der Waals surface area contributed by atoms with Crippen molar-refractivity contribution in [1.82, 2.24) is 4.90 Å². The van der Waals surface area contributed by atoms with E-state index in [0.717, 1.165) is 4.88 Å². The smallest absolute Gasteiger partial charge is 0.350 e. The first kappa shape index (κ1) is 20.3. The summed E-state index contributed by atoms with van der Waals surface area (Å²) >= 11 is 1.28. The zero-order valence-corrected chi connectivity index (χ0v) is 16.8. The van der Waals surface area contributed by atoms with Crippen LogP contribution in [0.4, 0.5) is 5.69 Å². The molecule has 1 fully saturated rings. The molecule has 1 N–H and O–H groups in total. The van der Waals surface area contributed by atoms with Crippen LogP contribution in [0, 0.1) is 17.3 Å². The van der Waals surface area contributed by atoms with Gasteiger partial charge in [0.15, 0.2) is 0 Å². The van der Waals surface area contributed by atoms with Gasteiger partial charge in [-0.1, -0.05) is 11.8 Å². The summed E-state index contributed by atoms with van der Waals surface area (Å²) in [6, 6.07) is 1.47. The van der Waals surface area contributed by atoms with Crippen LogP contribution >= 0.6 is 11.3 Å². The fourth-order valence-electron chi connectivity index (χ4n) is 2.54. The van der Waals surface area contributed by atoms with Crippen LogP contribution in [-0.4, -0.2) is 56.7 Å². The third kappa shape index (κ3) is 5.23. The molecule has 1 aromatic rings. The standard InChI is InChI=1S/C19H26N2O4S/c1-19(2,3)8-6-13-12-15(16(26-13)18(23)25-5)20-14-7-9-21(17(14)22)10-11-24-4/h12,14,20H,7,9-11H2,1-5H3. The molecule has 1 aromatic heterocycles. The summed E-state index contributed by atoms with van der Waals surface area (Å²) in [7, 11) is 2.96. The summed E-state index contributed by atoms with van der Waals surface area (Å²) < 4.78 is 9.91. The van der Waals surface area contributed by atoms with Crippen LogP contribution in [0.1, 0.15) is 41.7 Å². The Morgan fingerprint density at radius 1 is 1.42 bits per heavy atom. The zero-order chi connectivity index (χ0) is 19.3. The Bertz CT molecular complexity index is 724. The highest BCUT2D eigenvalue weighted by molar-refractivity contribution is 7.15. The molecule has 0 aromatic carbocycles. The molecule has 1 aliphatic heterocycles. The number of carbonyl (C=O) groups excluding carboxylic acids is 2. The lowest BCUT2D eigenvalue weighted by Crippen LogP contribution is -2.35. The van der Waals surface area contributed by atoms with Crippen LogP contribution < -0.4 is 5.32 Å². The molecule has 0 radical (unpaired) electrons. The molecule has 0 saturated carbocycles. The summed E-state index contributed by atoms with van der Waals surface area (Å²) in [5.74, 6) is 5.86. The molecule has 0 aliphatic carbocycles. The molecule has 2 rings (SSSR count). The summed E-state index contributed by atoms with van der Waals surface area (Å²) in [5.41, 5.74) is 0.471. The number of hydrogen-bond donors (Lipinski definition) is 1. The first-order valence-electron chi connectivity index (χ1n) is 8.54. The minimum Gasteiger partial charge on any atom is -0.465 e. The number of nitrogens with one attached hydrogen (secondary N) is 1. The molecule has 7 heteroatoms. The van der Waals surface area contributed by atoms with Gasteiger partial charge in [-0.05, 0) is 33.3 Å². The van der Waals surface area contributed by atoms with Gasteiger partial charge in [0.1, 0.15) is 10.9 Å². The molecule has 1 unspecified atom stereocenters. The van der Waals surface area contributed by atoms with Crippen LogP contribution in [-0.2, 0) is 14.3 Å². The summed E-state index contributed by atoms with van der Waals surface area (Å²) in [6.07, 6.45) is 0.683. The second-order valence-corrected chi connectivity index (χ2v) is 8.20. The van der Waals surface area contributed by atoms with Gasteiger partial charge in [-0.15, -0.1) is 11.3 Å². The maximum absolute atomic E-state index is 12.5. The molecule has 1 aliphatic rings. The Kier molecular flexibility index (Phi) is 6.68. The molecule has 2 heterocycles. The topological polar surface area (TPSA) is 67.9 Å². The van der Waals surface area contributed by atoms with Crippen molar-refractivity contribution in [1.29, 1.82) is 0 Å². The third-order valence-electron chi connectivity index (χ3n) is 3.86. The summed E-state index contributed by atoms with van der Waals surface area (Å²) in [4.78, 5) is 27.6. The Balaban J connectivity index is 2.19. The largest absolute Gasteiger partial charge is 0.465 e. The number of likely N-dealkylation sites (tertiary alicyclic amines) is 1. The van der Waals surface area contributed by atoms with E-state index in [-0.39, 0.29) is 17.4 Å². The van der Waals surface area contributed by atoms with E-state index >= 15 is 0 Å². The monoisotopic (exact) mass is 378 g/mol. The maximum Gasteiger partial charge on any atom is 0.350 e. The van der Waals surface area contributed by atoms with E-state index in [1.54, 1.807) is 12.0 Å². The fourth-order valence-corrected chi connectivity index (χ4v) is 3.43. The van der Waals surface area contributed by atoms with Crippen LogP contribution in [0.5, 0.6) is 0 Å². The molecular formula is C19H26N2O4S. The molecular weight excluding hydrogens is 352 g/mol. The van der Waals surface area contributed by atoms with Gasteiger partial charge in [0.05, 0.1) is 24.3 Å². The van der Waals surface area contributed by atoms with Gasteiger partial charge >= 0.3 is 5.97 Å². The third-order valence-corrected chi connectivity index (χ3v) is 4.89. The fraction of sp³-hybridized carbons (Fsp3) is 0.579. The highest BCUT2D eigenvalue weighted by Crippen LogP contribution is 2.30. The number of anilines is 1. The lowest BCUT2D eigenvalue weighted by molar-refractivity contribution is -0.128. The van der Waals surface area contributed by atoms with E-state index in [9.17, 15) is 9.59 Å². The lowest BCUT2D eigenvalue weighted by Gasteiger charge is -2.17. The molecule has 0 bridgehead atoms. The number of amides is 1. The van der Waals surface area contributed by atoms with Gasteiger partial charge in [0, 0.05) is 25.6 Å². The molecule has 1 amide bonds. The number of rotatable bonds is 6. The van der Waals surface area contributed by atoms with Crippen molar-refractivity contribution in [3.05, 3.63) is 15.8 Å². The van der Waals surface area contributed by atoms with Crippen molar-refractivity contribution in [3.63, 3.8) is 0 Å². The quantitative estimate of drug-likeness (QED) is 0.609. The van der Waals surface area contributed by atoms with E-state index in [4.69, 9.17) is 9.47 Å². The van der Waals surface area contributed by atoms with Gasteiger partial charge in [0.2, 0.25) is 5.91 Å². The molecule has 0 spiro atoms. The molecule has 1 atom stereocenters. The maximum atomic E-state index is 12.5. The van der Waals surface area contributed by atoms with E-state index < -0.39 is 5.97 Å². The molecule has 6 nitrogen and oxygen atoms in total. The van der Waals surface area contributed by atoms with E-state index in [1.807, 2.05) is 26.8 Å². The molecule has 1 saturated heterocycles. The van der Waals surface area contributed by atoms with Crippen LogP contribution in [0.25, 0.3) is 0 Å². The molecule has 142 valence electrons. The highest BCUT2D eigenvalue weighted by atomic mass is 32.1. The number of thiophene rings is 1. The number of esters is 1. The van der Waals surface area contributed by atoms with Gasteiger partial charge in [-0.3, -0.25) is 4.79 Å². The number of methoxy groups -OCH3 is 2. The number of carbonyl (C=O) groups is 2. The van der Waals surface area contributed by atoms with Crippen LogP contribution in [0.3, 0.4) is 0 Å². The Hall–Kier alpha value is -2.04. The summed E-state index contributed by atoms with van der Waals surface area (Å²) in [5, 5.41) is 3.21. The van der Waals surface area contributed by atoms with E-state index in [0.29, 0.717) is 36.7 Å². The molecule has 26 heavy (non-hydrogen) atoms. The first-order chi connectivity index (χ1) is 12.2. The van der Waals surface area contributed by atoms with Crippen LogP contribution in [0.2, 0.25) is 0 Å². The number of nitrogens with zero attached hydrogens (tertiary/aromatic N) is 1. The second-order valence-electron chi connectivity index (χ2n) is 7.15. The number of ether oxygens (including phenoxy) is 2. The normalized spacial score (nSPS) is 17.0. The number of hydrogen-bond acceptors (Lipinski definition) is 6. The predicted octanol–water partition coefficient (Wildman–Crippen LogP) is 2.59. The van der Waals surface area contributed by atoms with E-state index in [1.165, 1.54) is 18.4 Å². The minimum atomic E-state index is -0.428. The SMILES string of the molecule is COCCN1CCC(Nc2cc(C#CC(C)(C)C)sc2C(=O)OC)C1=O. The van der Waals surface area contributed by atoms with Crippen LogP contribution in [0.15, 0.2) is 6.07 Å². The highest BCUT2D eigenvalue weighted by Gasteiger charge is 2.32. The second kappa shape index (κ2) is 8.56. The predicted molar refractivity (Wildman–Crippen MR) is 102 cm³/mol. The Morgan fingerprint density at radius 2 is 2.15 bits per heavy atom. The van der Waals surface area contributed by atoms with Crippen molar-refractivity contribution in [3.8, 4) is 11.8 Å². The first-order valence-corrected chi connectivity index (χ1v) is 9.36. The average Bonchev–Trinajstić information content (AvgIpc) is 3.15. The summed E-state index contributed by atoms with van der Waals surface area (Å²) in [6.45, 7) is 7.84. The van der Waals surface area contributed by atoms with Gasteiger partial charge in [-0.2, -0.15) is 0 Å². The van der Waals surface area contributed by atoms with Gasteiger partial charge < -0.3 is 19.7 Å². The van der Waals surface area contributed by atoms with Crippen molar-refractivity contribution in [2.24, 2.45) is 5.41 Å². The Morgan fingerprint density at radius 3 is 2.77 bits per heavy atom. The zero-order valence-electron chi connectivity index (χ0n) is 16.0. The van der Waals surface area contributed by atoms with Crippen molar-refractivity contribution >= 4 is 28.9 Å². The Labute approximate surface area is 158 Å². The van der Waals surface area contributed by atoms with Gasteiger partial charge in [0.25, 0.3) is 0 Å². The average molecular weight is 378 g/mol. The van der Waals surface area contributed by atoms with Gasteiger partial charge in [-0.25, -0.2) is 4.79 Å². The van der Waals surface area contributed by atoms with Crippen molar-refractivity contribution in [2.45, 2.75) is 33.2 Å². The lowest BCUT2D eigenvalue weighted by atomic mass is 9.98. The van der Waals surface area contributed by atoms with Crippen molar-refractivity contribution in [2.75, 3.05) is 39.2 Å². The minimum absolute atomic E-state index is 0.0198. The van der Waals surface area contributed by atoms with E-state index in [2.05, 4.69) is 17.2 Å².